The number of para-hydroxylation sites is 1. The van der Waals surface area contributed by atoms with Crippen LogP contribution in [0.15, 0.2) is 72.9 Å². The number of aromatic nitrogens is 1. The Morgan fingerprint density at radius 3 is 2.27 bits per heavy atom. The van der Waals surface area contributed by atoms with Crippen LogP contribution in [0.5, 0.6) is 5.75 Å². The first-order valence-corrected chi connectivity index (χ1v) is 7.94. The van der Waals surface area contributed by atoms with E-state index in [2.05, 4.69) is 15.6 Å². The number of anilines is 2. The zero-order valence-electron chi connectivity index (χ0n) is 14.1. The number of nitrogens with one attached hydrogen (secondary N) is 2. The first-order valence-electron chi connectivity index (χ1n) is 7.94. The van der Waals surface area contributed by atoms with E-state index in [9.17, 15) is 9.59 Å². The molecule has 0 aliphatic rings. The Balaban J connectivity index is 1.66. The average Bonchev–Trinajstić information content (AvgIpc) is 2.70. The molecule has 0 saturated heterocycles. The molecule has 0 saturated carbocycles. The molecule has 6 heteroatoms. The van der Waals surface area contributed by atoms with Crippen molar-refractivity contribution in [3.05, 3.63) is 84.1 Å². The van der Waals surface area contributed by atoms with Gasteiger partial charge in [-0.05, 0) is 36.4 Å². The summed E-state index contributed by atoms with van der Waals surface area (Å²) >= 11 is 0. The summed E-state index contributed by atoms with van der Waals surface area (Å²) in [7, 11) is 1.51. The van der Waals surface area contributed by atoms with Crippen molar-refractivity contribution in [1.29, 1.82) is 0 Å². The number of hydrogen-bond acceptors (Lipinski definition) is 4. The Hall–Kier alpha value is -3.67. The normalized spacial score (nSPS) is 10.0. The van der Waals surface area contributed by atoms with E-state index in [1.54, 1.807) is 60.7 Å². The third-order valence-corrected chi connectivity index (χ3v) is 3.65. The van der Waals surface area contributed by atoms with Crippen LogP contribution in [0.4, 0.5) is 11.5 Å². The van der Waals surface area contributed by atoms with Crippen molar-refractivity contribution in [3.63, 3.8) is 0 Å². The SMILES string of the molecule is COc1ccccc1C(=O)Nc1ccc(NC(=O)c2ccccc2)nc1. The Labute approximate surface area is 150 Å². The van der Waals surface area contributed by atoms with Crippen molar-refractivity contribution in [2.45, 2.75) is 0 Å². The summed E-state index contributed by atoms with van der Waals surface area (Å²) in [6.07, 6.45) is 1.48. The summed E-state index contributed by atoms with van der Waals surface area (Å²) in [5.41, 5.74) is 1.48. The molecule has 0 fully saturated rings. The number of rotatable bonds is 5. The van der Waals surface area contributed by atoms with Crippen LogP contribution in [0.25, 0.3) is 0 Å². The van der Waals surface area contributed by atoms with Gasteiger partial charge in [0.15, 0.2) is 0 Å². The molecular formula is C20H17N3O3. The molecule has 3 rings (SSSR count). The second kappa shape index (κ2) is 7.94. The number of pyridine rings is 1. The lowest BCUT2D eigenvalue weighted by molar-refractivity contribution is 0.101. The van der Waals surface area contributed by atoms with Crippen LogP contribution in [0.2, 0.25) is 0 Å². The van der Waals surface area contributed by atoms with Gasteiger partial charge in [0.05, 0.1) is 24.6 Å². The van der Waals surface area contributed by atoms with E-state index in [1.807, 2.05) is 6.07 Å². The lowest BCUT2D eigenvalue weighted by atomic mass is 10.2. The maximum Gasteiger partial charge on any atom is 0.259 e. The Bertz CT molecular complexity index is 909. The molecule has 1 aromatic heterocycles. The minimum atomic E-state index is -0.301. The van der Waals surface area contributed by atoms with E-state index in [0.29, 0.717) is 28.4 Å². The zero-order chi connectivity index (χ0) is 18.4. The molecule has 1 heterocycles. The van der Waals surface area contributed by atoms with E-state index < -0.39 is 0 Å². The predicted molar refractivity (Wildman–Crippen MR) is 99.6 cm³/mol. The van der Waals surface area contributed by atoms with E-state index in [0.717, 1.165) is 0 Å². The number of ether oxygens (including phenoxy) is 1. The maximum absolute atomic E-state index is 12.4. The molecule has 0 aliphatic carbocycles. The van der Waals surface area contributed by atoms with Crippen LogP contribution in [-0.4, -0.2) is 23.9 Å². The van der Waals surface area contributed by atoms with Crippen LogP contribution in [-0.2, 0) is 0 Å². The van der Waals surface area contributed by atoms with Gasteiger partial charge in [0.2, 0.25) is 0 Å². The van der Waals surface area contributed by atoms with Gasteiger partial charge in [0.25, 0.3) is 11.8 Å². The Morgan fingerprint density at radius 2 is 1.58 bits per heavy atom. The minimum absolute atomic E-state index is 0.246. The fourth-order valence-electron chi connectivity index (χ4n) is 2.35. The molecule has 3 aromatic rings. The number of carbonyl (C=O) groups is 2. The van der Waals surface area contributed by atoms with E-state index in [1.165, 1.54) is 13.3 Å². The maximum atomic E-state index is 12.4. The first kappa shape index (κ1) is 17.2. The third-order valence-electron chi connectivity index (χ3n) is 3.65. The second-order valence-corrected chi connectivity index (χ2v) is 5.41. The molecule has 0 aliphatic heterocycles. The highest BCUT2D eigenvalue weighted by Crippen LogP contribution is 2.19. The molecular weight excluding hydrogens is 330 g/mol. The van der Waals surface area contributed by atoms with E-state index >= 15 is 0 Å². The predicted octanol–water partition coefficient (Wildman–Crippen LogP) is 3.59. The van der Waals surface area contributed by atoms with Gasteiger partial charge in [-0.1, -0.05) is 30.3 Å². The topological polar surface area (TPSA) is 80.3 Å². The highest BCUT2D eigenvalue weighted by molar-refractivity contribution is 6.06. The molecule has 6 nitrogen and oxygen atoms in total. The molecule has 0 atom stereocenters. The molecule has 26 heavy (non-hydrogen) atoms. The monoisotopic (exact) mass is 347 g/mol. The van der Waals surface area contributed by atoms with E-state index in [-0.39, 0.29) is 11.8 Å². The van der Waals surface area contributed by atoms with Crippen molar-refractivity contribution in [1.82, 2.24) is 4.98 Å². The number of benzene rings is 2. The van der Waals surface area contributed by atoms with Gasteiger partial charge in [-0.2, -0.15) is 0 Å². The van der Waals surface area contributed by atoms with Crippen molar-refractivity contribution in [2.75, 3.05) is 17.7 Å². The van der Waals surface area contributed by atoms with Crippen molar-refractivity contribution in [3.8, 4) is 5.75 Å². The Kier molecular flexibility index (Phi) is 5.24. The number of carbonyl (C=O) groups excluding carboxylic acids is 2. The van der Waals surface area contributed by atoms with Crippen LogP contribution in [0.3, 0.4) is 0 Å². The second-order valence-electron chi connectivity index (χ2n) is 5.41. The smallest absolute Gasteiger partial charge is 0.259 e. The van der Waals surface area contributed by atoms with Gasteiger partial charge in [0, 0.05) is 5.56 Å². The number of nitrogens with zero attached hydrogens (tertiary/aromatic N) is 1. The highest BCUT2D eigenvalue weighted by Gasteiger charge is 2.12. The van der Waals surface area contributed by atoms with Crippen molar-refractivity contribution in [2.24, 2.45) is 0 Å². The zero-order valence-corrected chi connectivity index (χ0v) is 14.1. The van der Waals surface area contributed by atoms with Crippen LogP contribution >= 0.6 is 0 Å². The third kappa shape index (κ3) is 4.05. The summed E-state index contributed by atoms with van der Waals surface area (Å²) in [6.45, 7) is 0. The molecule has 0 spiro atoms. The highest BCUT2D eigenvalue weighted by atomic mass is 16.5. The van der Waals surface area contributed by atoms with Gasteiger partial charge >= 0.3 is 0 Å². The van der Waals surface area contributed by atoms with Gasteiger partial charge in [-0.15, -0.1) is 0 Å². The molecule has 0 unspecified atom stereocenters. The lowest BCUT2D eigenvalue weighted by Crippen LogP contribution is -2.14. The van der Waals surface area contributed by atoms with Crippen molar-refractivity contribution >= 4 is 23.3 Å². The average molecular weight is 347 g/mol. The van der Waals surface area contributed by atoms with E-state index in [4.69, 9.17) is 4.74 Å². The summed E-state index contributed by atoms with van der Waals surface area (Å²) in [6, 6.07) is 19.1. The first-order chi connectivity index (χ1) is 12.7. The lowest BCUT2D eigenvalue weighted by Gasteiger charge is -2.09. The minimum Gasteiger partial charge on any atom is -0.496 e. The molecule has 2 aromatic carbocycles. The van der Waals surface area contributed by atoms with Gasteiger partial charge in [-0.25, -0.2) is 4.98 Å². The van der Waals surface area contributed by atoms with Crippen LogP contribution in [0.1, 0.15) is 20.7 Å². The molecule has 2 amide bonds. The Morgan fingerprint density at radius 1 is 0.846 bits per heavy atom. The summed E-state index contributed by atoms with van der Waals surface area (Å²) in [5.74, 6) is 0.341. The largest absolute Gasteiger partial charge is 0.496 e. The van der Waals surface area contributed by atoms with Gasteiger partial charge in [0.1, 0.15) is 11.6 Å². The summed E-state index contributed by atoms with van der Waals surface area (Å²) in [4.78, 5) is 28.6. The number of amides is 2. The van der Waals surface area contributed by atoms with Crippen molar-refractivity contribution < 1.29 is 14.3 Å². The molecule has 0 bridgehead atoms. The number of methoxy groups -OCH3 is 1. The van der Waals surface area contributed by atoms with Gasteiger partial charge in [-0.3, -0.25) is 9.59 Å². The van der Waals surface area contributed by atoms with Crippen LogP contribution < -0.4 is 15.4 Å². The fraction of sp³-hybridized carbons (Fsp3) is 0.0500. The quantitative estimate of drug-likeness (QED) is 0.739. The summed E-state index contributed by atoms with van der Waals surface area (Å²) < 4.78 is 5.19. The molecule has 130 valence electrons. The summed E-state index contributed by atoms with van der Waals surface area (Å²) in [5, 5.41) is 5.46. The molecule has 2 N–H and O–H groups in total. The fourth-order valence-corrected chi connectivity index (χ4v) is 2.35. The van der Waals surface area contributed by atoms with Gasteiger partial charge < -0.3 is 15.4 Å². The number of hydrogen-bond donors (Lipinski definition) is 2. The molecule has 0 radical (unpaired) electrons. The standard InChI is InChI=1S/C20H17N3O3/c1-26-17-10-6-5-9-16(17)20(25)22-15-11-12-18(21-13-15)23-19(24)14-7-3-2-4-8-14/h2-13H,1H3,(H,22,25)(H,21,23,24). The van der Waals surface area contributed by atoms with Crippen LogP contribution in [0, 0.1) is 0 Å².